The normalized spacial score (nSPS) is 12.2. The van der Waals surface area contributed by atoms with E-state index in [2.05, 4.69) is 10.4 Å². The van der Waals surface area contributed by atoms with Crippen LogP contribution in [0.4, 0.5) is 0 Å². The number of carbonyl (C=O) groups is 1. The van der Waals surface area contributed by atoms with Crippen molar-refractivity contribution in [2.24, 2.45) is 5.92 Å². The first-order chi connectivity index (χ1) is 12.1. The number of benzene rings is 1. The fourth-order valence-corrected chi connectivity index (χ4v) is 2.79. The summed E-state index contributed by atoms with van der Waals surface area (Å²) < 4.78 is 2.95. The number of hydrogen-bond acceptors (Lipinski definition) is 3. The second kappa shape index (κ2) is 7.79. The lowest BCUT2D eigenvalue weighted by Crippen LogP contribution is -2.32. The standard InChI is InChI=1S/C19H22N4O2/c1-15(14-16-8-3-2-4-9-16)18(24)20-11-7-13-23-19(25)22-12-6-5-10-17(22)21-23/h2-6,8-10,12,15H,7,11,13-14H2,1H3,(H,20,24). The van der Waals surface area contributed by atoms with Crippen molar-refractivity contribution in [1.29, 1.82) is 0 Å². The molecule has 0 bridgehead atoms. The van der Waals surface area contributed by atoms with Crippen molar-refractivity contribution in [2.75, 3.05) is 6.54 Å². The minimum Gasteiger partial charge on any atom is -0.356 e. The van der Waals surface area contributed by atoms with Gasteiger partial charge in [0.05, 0.1) is 0 Å². The molecule has 3 rings (SSSR count). The average molecular weight is 338 g/mol. The molecular weight excluding hydrogens is 316 g/mol. The Balaban J connectivity index is 1.46. The Morgan fingerprint density at radius 3 is 2.68 bits per heavy atom. The second-order valence-corrected chi connectivity index (χ2v) is 6.17. The van der Waals surface area contributed by atoms with Crippen LogP contribution in [-0.4, -0.2) is 26.6 Å². The molecule has 25 heavy (non-hydrogen) atoms. The van der Waals surface area contributed by atoms with Crippen LogP contribution in [0.1, 0.15) is 18.9 Å². The summed E-state index contributed by atoms with van der Waals surface area (Å²) >= 11 is 0. The summed E-state index contributed by atoms with van der Waals surface area (Å²) in [5.74, 6) is -0.0495. The molecule has 1 N–H and O–H groups in total. The monoisotopic (exact) mass is 338 g/mol. The third kappa shape index (κ3) is 4.15. The lowest BCUT2D eigenvalue weighted by atomic mass is 10.0. The van der Waals surface area contributed by atoms with Crippen molar-refractivity contribution >= 4 is 11.6 Å². The number of hydrogen-bond donors (Lipinski definition) is 1. The van der Waals surface area contributed by atoms with Gasteiger partial charge in [-0.05, 0) is 30.5 Å². The summed E-state index contributed by atoms with van der Waals surface area (Å²) in [6, 6.07) is 15.4. The van der Waals surface area contributed by atoms with Gasteiger partial charge in [-0.3, -0.25) is 9.20 Å². The number of nitrogens with zero attached hydrogens (tertiary/aromatic N) is 3. The van der Waals surface area contributed by atoms with E-state index in [4.69, 9.17) is 0 Å². The number of rotatable bonds is 7. The highest BCUT2D eigenvalue weighted by Crippen LogP contribution is 2.08. The summed E-state index contributed by atoms with van der Waals surface area (Å²) in [5.41, 5.74) is 1.63. The third-order valence-electron chi connectivity index (χ3n) is 4.17. The lowest BCUT2D eigenvalue weighted by molar-refractivity contribution is -0.124. The smallest absolute Gasteiger partial charge is 0.350 e. The maximum Gasteiger partial charge on any atom is 0.350 e. The van der Waals surface area contributed by atoms with Crippen LogP contribution >= 0.6 is 0 Å². The van der Waals surface area contributed by atoms with E-state index in [1.807, 2.05) is 43.3 Å². The van der Waals surface area contributed by atoms with Crippen LogP contribution in [0.3, 0.4) is 0 Å². The van der Waals surface area contributed by atoms with Gasteiger partial charge in [-0.2, -0.15) is 0 Å². The molecule has 0 saturated heterocycles. The van der Waals surface area contributed by atoms with E-state index in [0.29, 0.717) is 25.2 Å². The molecule has 0 aliphatic carbocycles. The molecule has 2 heterocycles. The number of nitrogens with one attached hydrogen (secondary N) is 1. The van der Waals surface area contributed by atoms with Gasteiger partial charge in [-0.1, -0.05) is 43.3 Å². The lowest BCUT2D eigenvalue weighted by Gasteiger charge is -2.12. The van der Waals surface area contributed by atoms with Crippen molar-refractivity contribution in [2.45, 2.75) is 26.3 Å². The second-order valence-electron chi connectivity index (χ2n) is 6.17. The largest absolute Gasteiger partial charge is 0.356 e. The third-order valence-corrected chi connectivity index (χ3v) is 4.17. The molecule has 1 unspecified atom stereocenters. The first kappa shape index (κ1) is 17.0. The topological polar surface area (TPSA) is 68.4 Å². The zero-order chi connectivity index (χ0) is 17.6. The number of carbonyl (C=O) groups excluding carboxylic acids is 1. The minimum atomic E-state index is -0.153. The number of aryl methyl sites for hydroxylation is 1. The van der Waals surface area contributed by atoms with Crippen LogP contribution in [0, 0.1) is 5.92 Å². The maximum atomic E-state index is 12.2. The molecule has 1 amide bonds. The molecule has 0 spiro atoms. The summed E-state index contributed by atoms with van der Waals surface area (Å²) in [7, 11) is 0. The van der Waals surface area contributed by atoms with Gasteiger partial charge in [0.1, 0.15) is 0 Å². The SMILES string of the molecule is CC(Cc1ccccc1)C(=O)NCCCn1nc2ccccn2c1=O. The van der Waals surface area contributed by atoms with Crippen molar-refractivity contribution in [3.8, 4) is 0 Å². The highest BCUT2D eigenvalue weighted by Gasteiger charge is 2.13. The highest BCUT2D eigenvalue weighted by molar-refractivity contribution is 5.78. The molecular formula is C19H22N4O2. The Labute approximate surface area is 146 Å². The van der Waals surface area contributed by atoms with E-state index < -0.39 is 0 Å². The van der Waals surface area contributed by atoms with Crippen LogP contribution in [0.15, 0.2) is 59.5 Å². The molecule has 0 aliphatic heterocycles. The van der Waals surface area contributed by atoms with Crippen LogP contribution in [0.25, 0.3) is 5.65 Å². The van der Waals surface area contributed by atoms with Gasteiger partial charge in [-0.15, -0.1) is 5.10 Å². The molecule has 0 fully saturated rings. The van der Waals surface area contributed by atoms with Crippen molar-refractivity contribution in [1.82, 2.24) is 19.5 Å². The number of aromatic nitrogens is 3. The number of amides is 1. The molecule has 2 aromatic heterocycles. The van der Waals surface area contributed by atoms with Crippen molar-refractivity contribution in [3.05, 3.63) is 70.8 Å². The van der Waals surface area contributed by atoms with E-state index in [1.54, 1.807) is 18.3 Å². The molecule has 0 saturated carbocycles. The predicted octanol–water partition coefficient (Wildman–Crippen LogP) is 1.88. The highest BCUT2D eigenvalue weighted by atomic mass is 16.2. The van der Waals surface area contributed by atoms with Crippen molar-refractivity contribution < 1.29 is 4.79 Å². The molecule has 1 aromatic carbocycles. The quantitative estimate of drug-likeness (QED) is 0.669. The van der Waals surface area contributed by atoms with E-state index in [0.717, 1.165) is 12.0 Å². The van der Waals surface area contributed by atoms with Gasteiger partial charge < -0.3 is 5.32 Å². The Bertz CT molecular complexity index is 898. The molecule has 6 nitrogen and oxygen atoms in total. The van der Waals surface area contributed by atoms with Crippen molar-refractivity contribution in [3.63, 3.8) is 0 Å². The van der Waals surface area contributed by atoms with Gasteiger partial charge >= 0.3 is 5.69 Å². The Morgan fingerprint density at radius 2 is 1.92 bits per heavy atom. The van der Waals surface area contributed by atoms with Gasteiger partial charge in [0.15, 0.2) is 5.65 Å². The fourth-order valence-electron chi connectivity index (χ4n) is 2.79. The number of pyridine rings is 1. The van der Waals surface area contributed by atoms with E-state index in [-0.39, 0.29) is 17.5 Å². The molecule has 130 valence electrons. The Hall–Kier alpha value is -2.89. The molecule has 3 aromatic rings. The number of fused-ring (bicyclic) bond motifs is 1. The summed E-state index contributed by atoms with van der Waals surface area (Å²) in [5, 5.41) is 7.21. The molecule has 1 atom stereocenters. The van der Waals surface area contributed by atoms with Gasteiger partial charge in [-0.25, -0.2) is 9.48 Å². The van der Waals surface area contributed by atoms with Gasteiger partial charge in [0.2, 0.25) is 5.91 Å². The van der Waals surface area contributed by atoms with Crippen LogP contribution in [0.5, 0.6) is 0 Å². The molecule has 0 aliphatic rings. The first-order valence-corrected chi connectivity index (χ1v) is 8.51. The summed E-state index contributed by atoms with van der Waals surface area (Å²) in [6.07, 6.45) is 3.08. The zero-order valence-corrected chi connectivity index (χ0v) is 14.3. The van der Waals surface area contributed by atoms with E-state index in [9.17, 15) is 9.59 Å². The van der Waals surface area contributed by atoms with Gasteiger partial charge in [0.25, 0.3) is 0 Å². The zero-order valence-electron chi connectivity index (χ0n) is 14.3. The summed E-state index contributed by atoms with van der Waals surface area (Å²) in [4.78, 5) is 24.3. The predicted molar refractivity (Wildman–Crippen MR) is 96.4 cm³/mol. The van der Waals surface area contributed by atoms with Crippen LogP contribution in [-0.2, 0) is 17.8 Å². The van der Waals surface area contributed by atoms with Gasteiger partial charge in [0, 0.05) is 25.2 Å². The Morgan fingerprint density at radius 1 is 1.16 bits per heavy atom. The van der Waals surface area contributed by atoms with Crippen LogP contribution in [0.2, 0.25) is 0 Å². The fraction of sp³-hybridized carbons (Fsp3) is 0.316. The Kier molecular flexibility index (Phi) is 5.28. The minimum absolute atomic E-state index is 0.0335. The molecule has 0 radical (unpaired) electrons. The van der Waals surface area contributed by atoms with E-state index in [1.165, 1.54) is 9.08 Å². The average Bonchev–Trinajstić information content (AvgIpc) is 2.95. The summed E-state index contributed by atoms with van der Waals surface area (Å²) in [6.45, 7) is 2.93. The maximum absolute atomic E-state index is 12.2. The molecule has 6 heteroatoms. The van der Waals surface area contributed by atoms with E-state index >= 15 is 0 Å². The van der Waals surface area contributed by atoms with Crippen LogP contribution < -0.4 is 11.0 Å². The first-order valence-electron chi connectivity index (χ1n) is 8.51.